The highest BCUT2D eigenvalue weighted by atomic mass is 35.5. The third-order valence-electron chi connectivity index (χ3n) is 5.86. The number of carbonyl (C=O) groups is 1. The molecule has 0 bridgehead atoms. The van der Waals surface area contributed by atoms with Crippen molar-refractivity contribution in [2.45, 2.75) is 44.2 Å². The molecule has 4 atom stereocenters. The predicted molar refractivity (Wildman–Crippen MR) is 94.0 cm³/mol. The molecule has 24 heavy (non-hydrogen) atoms. The lowest BCUT2D eigenvalue weighted by atomic mass is 9.75. The zero-order valence-corrected chi connectivity index (χ0v) is 14.7. The summed E-state index contributed by atoms with van der Waals surface area (Å²) in [5, 5.41) is 2.63. The number of esters is 1. The highest BCUT2D eigenvalue weighted by Gasteiger charge is 2.52. The van der Waals surface area contributed by atoms with Crippen molar-refractivity contribution in [1.29, 1.82) is 0 Å². The van der Waals surface area contributed by atoms with Crippen molar-refractivity contribution in [3.8, 4) is 0 Å². The van der Waals surface area contributed by atoms with E-state index in [0.29, 0.717) is 12.5 Å². The van der Waals surface area contributed by atoms with Crippen LogP contribution in [0.5, 0.6) is 0 Å². The molecule has 5 nitrogen and oxygen atoms in total. The first kappa shape index (κ1) is 16.2. The maximum Gasteiger partial charge on any atom is 0.310 e. The molecule has 0 aliphatic carbocycles. The fourth-order valence-corrected chi connectivity index (χ4v) is 5.12. The second-order valence-electron chi connectivity index (χ2n) is 7.02. The zero-order valence-electron chi connectivity index (χ0n) is 14.0. The van der Waals surface area contributed by atoms with Gasteiger partial charge in [-0.1, -0.05) is 11.6 Å². The molecule has 1 aromatic carbocycles. The highest BCUT2D eigenvalue weighted by molar-refractivity contribution is 6.30. The van der Waals surface area contributed by atoms with Gasteiger partial charge in [-0.25, -0.2) is 5.84 Å². The van der Waals surface area contributed by atoms with Crippen molar-refractivity contribution in [2.75, 3.05) is 24.7 Å². The van der Waals surface area contributed by atoms with Gasteiger partial charge in [0, 0.05) is 17.0 Å². The molecule has 4 rings (SSSR count). The van der Waals surface area contributed by atoms with E-state index >= 15 is 0 Å². The number of ether oxygens (including phenoxy) is 1. The summed E-state index contributed by atoms with van der Waals surface area (Å²) in [6, 6.07) is 6.16. The molecular formula is C18H24ClN3O2. The molecule has 0 amide bonds. The lowest BCUT2D eigenvalue weighted by Crippen LogP contribution is -2.63. The number of nitrogens with two attached hydrogens (primary N) is 1. The molecule has 0 saturated carbocycles. The molecule has 2 N–H and O–H groups in total. The molecule has 130 valence electrons. The Bertz CT molecular complexity index is 653. The van der Waals surface area contributed by atoms with Gasteiger partial charge in [-0.15, -0.1) is 0 Å². The first-order valence-electron chi connectivity index (χ1n) is 8.86. The Balaban J connectivity index is 1.70. The molecule has 3 heterocycles. The van der Waals surface area contributed by atoms with Gasteiger partial charge in [0.1, 0.15) is 0 Å². The summed E-state index contributed by atoms with van der Waals surface area (Å²) < 4.78 is 5.36. The molecule has 3 aliphatic rings. The minimum atomic E-state index is -0.0951. The number of halogens is 1. The maximum absolute atomic E-state index is 12.5. The average Bonchev–Trinajstić information content (AvgIpc) is 2.87. The molecule has 6 heteroatoms. The number of hydrazine groups is 1. The molecule has 2 saturated heterocycles. The van der Waals surface area contributed by atoms with Crippen LogP contribution >= 0.6 is 11.6 Å². The Morgan fingerprint density at radius 2 is 2.17 bits per heavy atom. The SMILES string of the molecule is CCOC(=O)C1CCCN2CCC3c4cc(Cl)ccc4N(N)C3C12. The van der Waals surface area contributed by atoms with Gasteiger partial charge in [-0.3, -0.25) is 9.69 Å². The van der Waals surface area contributed by atoms with E-state index in [1.54, 1.807) is 0 Å². The maximum atomic E-state index is 12.5. The lowest BCUT2D eigenvalue weighted by Gasteiger charge is -2.50. The molecule has 3 aliphatic heterocycles. The van der Waals surface area contributed by atoms with Gasteiger partial charge in [0.05, 0.1) is 24.3 Å². The molecule has 0 spiro atoms. The predicted octanol–water partition coefficient (Wildman–Crippen LogP) is 2.53. The minimum absolute atomic E-state index is 0.0739. The number of anilines is 1. The van der Waals surface area contributed by atoms with Crippen LogP contribution in [0.2, 0.25) is 5.02 Å². The Hall–Kier alpha value is -1.30. The fourth-order valence-electron chi connectivity index (χ4n) is 4.94. The number of rotatable bonds is 2. The van der Waals surface area contributed by atoms with E-state index in [1.807, 2.05) is 30.1 Å². The number of fused-ring (bicyclic) bond motifs is 5. The molecule has 0 radical (unpaired) electrons. The number of nitrogens with zero attached hydrogens (tertiary/aromatic N) is 2. The van der Waals surface area contributed by atoms with Gasteiger partial charge in [0.15, 0.2) is 0 Å². The van der Waals surface area contributed by atoms with E-state index in [-0.39, 0.29) is 24.0 Å². The van der Waals surface area contributed by atoms with Crippen LogP contribution in [0.25, 0.3) is 0 Å². The average molecular weight is 350 g/mol. The second kappa shape index (κ2) is 6.21. The fraction of sp³-hybridized carbons (Fsp3) is 0.611. The Morgan fingerprint density at radius 1 is 1.33 bits per heavy atom. The number of piperidine rings is 2. The normalized spacial score (nSPS) is 32.0. The van der Waals surface area contributed by atoms with Crippen molar-refractivity contribution in [3.63, 3.8) is 0 Å². The summed E-state index contributed by atoms with van der Waals surface area (Å²) in [5.74, 6) is 6.67. The summed E-state index contributed by atoms with van der Waals surface area (Å²) in [5.41, 5.74) is 2.27. The molecule has 4 unspecified atom stereocenters. The van der Waals surface area contributed by atoms with E-state index in [9.17, 15) is 4.79 Å². The molecule has 2 fully saturated rings. The van der Waals surface area contributed by atoms with Crippen molar-refractivity contribution < 1.29 is 9.53 Å². The first-order valence-corrected chi connectivity index (χ1v) is 9.23. The Morgan fingerprint density at radius 3 is 2.96 bits per heavy atom. The number of carbonyl (C=O) groups excluding carboxylic acids is 1. The summed E-state index contributed by atoms with van der Waals surface area (Å²) in [6.07, 6.45) is 2.98. The third-order valence-corrected chi connectivity index (χ3v) is 6.10. The first-order chi connectivity index (χ1) is 11.6. The zero-order chi connectivity index (χ0) is 16.8. The van der Waals surface area contributed by atoms with Gasteiger partial charge in [-0.05, 0) is 63.0 Å². The summed E-state index contributed by atoms with van der Waals surface area (Å²) in [6.45, 7) is 4.33. The van der Waals surface area contributed by atoms with Crippen LogP contribution in [-0.2, 0) is 9.53 Å². The van der Waals surface area contributed by atoms with Gasteiger partial charge in [-0.2, -0.15) is 0 Å². The van der Waals surface area contributed by atoms with Crippen LogP contribution in [0.1, 0.15) is 37.7 Å². The largest absolute Gasteiger partial charge is 0.466 e. The highest BCUT2D eigenvalue weighted by Crippen LogP contribution is 2.49. The molecule has 1 aromatic rings. The van der Waals surface area contributed by atoms with Gasteiger partial charge in [0.25, 0.3) is 0 Å². The van der Waals surface area contributed by atoms with Crippen LogP contribution < -0.4 is 10.9 Å². The second-order valence-corrected chi connectivity index (χ2v) is 7.46. The van der Waals surface area contributed by atoms with E-state index in [2.05, 4.69) is 4.90 Å². The van der Waals surface area contributed by atoms with Crippen LogP contribution in [0.15, 0.2) is 18.2 Å². The molecular weight excluding hydrogens is 326 g/mol. The van der Waals surface area contributed by atoms with E-state index in [0.717, 1.165) is 43.1 Å². The van der Waals surface area contributed by atoms with E-state index in [4.69, 9.17) is 22.2 Å². The van der Waals surface area contributed by atoms with Gasteiger partial charge in [0.2, 0.25) is 0 Å². The topological polar surface area (TPSA) is 58.8 Å². The third kappa shape index (κ3) is 2.41. The monoisotopic (exact) mass is 349 g/mol. The van der Waals surface area contributed by atoms with Crippen LogP contribution in [0, 0.1) is 5.92 Å². The van der Waals surface area contributed by atoms with Crippen LogP contribution in [-0.4, -0.2) is 42.6 Å². The van der Waals surface area contributed by atoms with E-state index in [1.165, 1.54) is 5.56 Å². The van der Waals surface area contributed by atoms with Crippen molar-refractivity contribution >= 4 is 23.3 Å². The smallest absolute Gasteiger partial charge is 0.310 e. The number of benzene rings is 1. The number of hydrogen-bond acceptors (Lipinski definition) is 5. The van der Waals surface area contributed by atoms with Crippen molar-refractivity contribution in [2.24, 2.45) is 11.8 Å². The minimum Gasteiger partial charge on any atom is -0.466 e. The van der Waals surface area contributed by atoms with Gasteiger partial charge >= 0.3 is 5.97 Å². The van der Waals surface area contributed by atoms with Crippen molar-refractivity contribution in [1.82, 2.24) is 4.90 Å². The van der Waals surface area contributed by atoms with Crippen LogP contribution in [0.3, 0.4) is 0 Å². The van der Waals surface area contributed by atoms with E-state index < -0.39 is 0 Å². The Kier molecular flexibility index (Phi) is 4.19. The van der Waals surface area contributed by atoms with Crippen LogP contribution in [0.4, 0.5) is 5.69 Å². The van der Waals surface area contributed by atoms with Crippen molar-refractivity contribution in [3.05, 3.63) is 28.8 Å². The summed E-state index contributed by atoms with van der Waals surface area (Å²) in [4.78, 5) is 15.0. The Labute approximate surface area is 147 Å². The quantitative estimate of drug-likeness (QED) is 0.656. The molecule has 0 aromatic heterocycles. The standard InChI is InChI=1S/C18H24ClN3O2/c1-2-24-18(23)13-4-3-8-21-9-7-12-14-10-11(19)5-6-15(14)22(20)17(12)16(13)21/h5-6,10,12-13,16-17H,2-4,7-9,20H2,1H3. The summed E-state index contributed by atoms with van der Waals surface area (Å²) >= 11 is 6.22. The number of hydrogen-bond donors (Lipinski definition) is 1. The van der Waals surface area contributed by atoms with Gasteiger partial charge < -0.3 is 9.75 Å². The lowest BCUT2D eigenvalue weighted by molar-refractivity contribution is -0.153. The summed E-state index contributed by atoms with van der Waals surface area (Å²) in [7, 11) is 0.